The van der Waals surface area contributed by atoms with E-state index in [4.69, 9.17) is 4.74 Å². The monoisotopic (exact) mass is 339 g/mol. The Kier molecular flexibility index (Phi) is 5.46. The number of hydrogen-bond donors (Lipinski definition) is 2. The molecule has 0 aliphatic carbocycles. The van der Waals surface area contributed by atoms with Crippen LogP contribution in [0.2, 0.25) is 0 Å². The van der Waals surface area contributed by atoms with Gasteiger partial charge in [-0.05, 0) is 36.8 Å². The van der Waals surface area contributed by atoms with Gasteiger partial charge in [0, 0.05) is 0 Å². The minimum absolute atomic E-state index is 0.476. The number of rotatable bonds is 5. The molecule has 1 amide bonds. The minimum Gasteiger partial charge on any atom is -0.497 e. The van der Waals surface area contributed by atoms with Crippen molar-refractivity contribution in [2.75, 3.05) is 7.11 Å². The molecule has 128 valence electrons. The van der Waals surface area contributed by atoms with Crippen LogP contribution < -0.4 is 10.1 Å². The number of aliphatic hydroxyl groups is 1. The van der Waals surface area contributed by atoms with Gasteiger partial charge in [-0.2, -0.15) is 0 Å². The maximum Gasteiger partial charge on any atom is 0.257 e. The first-order chi connectivity index (χ1) is 11.3. The van der Waals surface area contributed by atoms with Gasteiger partial charge in [0.1, 0.15) is 17.1 Å². The fourth-order valence-corrected chi connectivity index (χ4v) is 2.18. The Morgan fingerprint density at radius 3 is 2.25 bits per heavy atom. The second kappa shape index (κ2) is 7.35. The smallest absolute Gasteiger partial charge is 0.257 e. The molecule has 0 aromatic heterocycles. The third-order valence-corrected chi connectivity index (χ3v) is 3.56. The van der Waals surface area contributed by atoms with E-state index in [0.717, 1.165) is 0 Å². The van der Waals surface area contributed by atoms with Gasteiger partial charge < -0.3 is 15.2 Å². The number of nitrogens with one attached hydrogen (secondary N) is 1. The number of hydrogen-bond acceptors (Lipinski definition) is 3. The predicted molar refractivity (Wildman–Crippen MR) is 81.2 cm³/mol. The number of methoxy groups -OCH3 is 1. The Morgan fingerprint density at radius 2 is 1.67 bits per heavy atom. The Morgan fingerprint density at radius 1 is 1.08 bits per heavy atom. The number of aliphatic hydroxyl groups excluding tert-OH is 1. The molecular weight excluding hydrogens is 323 g/mol. The summed E-state index contributed by atoms with van der Waals surface area (Å²) in [7, 11) is 1.50. The highest BCUT2D eigenvalue weighted by Gasteiger charge is 2.25. The molecule has 0 heterocycles. The number of carbonyl (C=O) groups is 1. The summed E-state index contributed by atoms with van der Waals surface area (Å²) in [5.74, 6) is -4.64. The fourth-order valence-electron chi connectivity index (χ4n) is 2.18. The molecule has 0 saturated carbocycles. The lowest BCUT2D eigenvalue weighted by molar-refractivity contribution is 0.0843. The van der Waals surface area contributed by atoms with Crippen molar-refractivity contribution >= 4 is 5.91 Å². The van der Waals surface area contributed by atoms with Gasteiger partial charge in [0.05, 0.1) is 19.3 Å². The molecule has 7 heteroatoms. The molecule has 0 aliphatic rings. The van der Waals surface area contributed by atoms with Gasteiger partial charge >= 0.3 is 0 Å². The molecule has 24 heavy (non-hydrogen) atoms. The molecule has 0 spiro atoms. The van der Waals surface area contributed by atoms with E-state index in [-0.39, 0.29) is 0 Å². The van der Waals surface area contributed by atoms with E-state index in [2.05, 4.69) is 5.32 Å². The summed E-state index contributed by atoms with van der Waals surface area (Å²) < 4.78 is 45.4. The van der Waals surface area contributed by atoms with Crippen molar-refractivity contribution in [2.24, 2.45) is 0 Å². The molecule has 2 rings (SSSR count). The predicted octanol–water partition coefficient (Wildman–Crippen LogP) is 2.96. The summed E-state index contributed by atoms with van der Waals surface area (Å²) in [6, 6.07) is 6.82. The summed E-state index contributed by atoms with van der Waals surface area (Å²) in [4.78, 5) is 12.0. The van der Waals surface area contributed by atoms with E-state index in [1.807, 2.05) is 0 Å². The summed E-state index contributed by atoms with van der Waals surface area (Å²) >= 11 is 0. The van der Waals surface area contributed by atoms with Crippen molar-refractivity contribution in [1.29, 1.82) is 0 Å². The van der Waals surface area contributed by atoms with Crippen LogP contribution in [0.5, 0.6) is 5.75 Å². The number of halogens is 3. The number of carbonyl (C=O) groups excluding carboxylic acids is 1. The molecular formula is C17H16F3NO3. The largest absolute Gasteiger partial charge is 0.497 e. The molecule has 2 N–H and O–H groups in total. The van der Waals surface area contributed by atoms with Gasteiger partial charge in [0.2, 0.25) is 0 Å². The quantitative estimate of drug-likeness (QED) is 0.824. The molecule has 4 nitrogen and oxygen atoms in total. The molecule has 0 fully saturated rings. The van der Waals surface area contributed by atoms with Crippen LogP contribution in [0.3, 0.4) is 0 Å². The first-order valence-electron chi connectivity index (χ1n) is 7.11. The van der Waals surface area contributed by atoms with Crippen LogP contribution in [0, 0.1) is 17.5 Å². The second-order valence-electron chi connectivity index (χ2n) is 5.20. The van der Waals surface area contributed by atoms with Crippen LogP contribution in [0.4, 0.5) is 13.2 Å². The highest BCUT2D eigenvalue weighted by Crippen LogP contribution is 2.21. The number of ether oxygens (including phenoxy) is 1. The topological polar surface area (TPSA) is 58.6 Å². The molecule has 0 saturated heterocycles. The third kappa shape index (κ3) is 3.68. The van der Waals surface area contributed by atoms with Gasteiger partial charge in [-0.1, -0.05) is 12.1 Å². The lowest BCUT2D eigenvalue weighted by Gasteiger charge is -2.21. The summed E-state index contributed by atoms with van der Waals surface area (Å²) in [5, 5.41) is 12.5. The van der Waals surface area contributed by atoms with Gasteiger partial charge in [-0.3, -0.25) is 4.79 Å². The highest BCUT2D eigenvalue weighted by molar-refractivity contribution is 5.95. The molecule has 0 radical (unpaired) electrons. The molecule has 0 unspecified atom stereocenters. The van der Waals surface area contributed by atoms with E-state index in [1.54, 1.807) is 24.3 Å². The Balaban J connectivity index is 2.15. The van der Waals surface area contributed by atoms with Crippen molar-refractivity contribution in [3.05, 3.63) is 65.0 Å². The molecule has 2 atom stereocenters. The minimum atomic E-state index is -1.57. The van der Waals surface area contributed by atoms with Crippen molar-refractivity contribution in [3.8, 4) is 5.75 Å². The van der Waals surface area contributed by atoms with Gasteiger partial charge in [0.15, 0.2) is 11.6 Å². The molecule has 2 aromatic carbocycles. The fraction of sp³-hybridized carbons (Fsp3) is 0.235. The zero-order valence-electron chi connectivity index (χ0n) is 13.0. The zero-order chi connectivity index (χ0) is 17.9. The average molecular weight is 339 g/mol. The Labute approximate surface area is 136 Å². The molecule has 0 bridgehead atoms. The summed E-state index contributed by atoms with van der Waals surface area (Å²) in [5.41, 5.74) is -0.549. The van der Waals surface area contributed by atoms with E-state index in [0.29, 0.717) is 23.4 Å². The van der Waals surface area contributed by atoms with Crippen LogP contribution in [0.15, 0.2) is 36.4 Å². The first-order valence-corrected chi connectivity index (χ1v) is 7.11. The van der Waals surface area contributed by atoms with Gasteiger partial charge in [0.25, 0.3) is 5.91 Å². The Bertz CT molecular complexity index is 735. The van der Waals surface area contributed by atoms with Crippen LogP contribution in [0.1, 0.15) is 28.9 Å². The van der Waals surface area contributed by atoms with E-state index in [9.17, 15) is 23.1 Å². The van der Waals surface area contributed by atoms with Crippen LogP contribution in [-0.4, -0.2) is 24.2 Å². The van der Waals surface area contributed by atoms with Crippen LogP contribution in [-0.2, 0) is 0 Å². The second-order valence-corrected chi connectivity index (χ2v) is 5.20. The summed E-state index contributed by atoms with van der Waals surface area (Å²) in [6.45, 7) is 1.46. The lowest BCUT2D eigenvalue weighted by atomic mass is 10.0. The first kappa shape index (κ1) is 17.8. The lowest BCUT2D eigenvalue weighted by Crippen LogP contribution is -2.38. The maximum absolute atomic E-state index is 13.6. The van der Waals surface area contributed by atoms with Crippen LogP contribution in [0.25, 0.3) is 0 Å². The highest BCUT2D eigenvalue weighted by atomic mass is 19.2. The van der Waals surface area contributed by atoms with Crippen molar-refractivity contribution in [2.45, 2.75) is 19.1 Å². The van der Waals surface area contributed by atoms with Crippen molar-refractivity contribution in [3.63, 3.8) is 0 Å². The van der Waals surface area contributed by atoms with Crippen molar-refractivity contribution < 1.29 is 27.8 Å². The zero-order valence-corrected chi connectivity index (χ0v) is 13.0. The van der Waals surface area contributed by atoms with E-state index < -0.39 is 41.1 Å². The third-order valence-electron chi connectivity index (χ3n) is 3.56. The maximum atomic E-state index is 13.6. The normalized spacial score (nSPS) is 13.2. The standard InChI is InChI=1S/C17H16F3NO3/c1-9(16(22)10-3-5-11(24-2)6-4-10)21-17(23)14-12(18)7-8-13(19)15(14)20/h3-9,16,22H,1-2H3,(H,21,23)/t9-,16-/m0/s1. The average Bonchev–Trinajstić information content (AvgIpc) is 2.58. The molecule has 2 aromatic rings. The number of amides is 1. The van der Waals surface area contributed by atoms with Crippen molar-refractivity contribution in [1.82, 2.24) is 5.32 Å². The van der Waals surface area contributed by atoms with Gasteiger partial charge in [-0.25, -0.2) is 13.2 Å². The van der Waals surface area contributed by atoms with Crippen LogP contribution >= 0.6 is 0 Å². The van der Waals surface area contributed by atoms with Gasteiger partial charge in [-0.15, -0.1) is 0 Å². The SMILES string of the molecule is COc1ccc([C@@H](O)[C@H](C)NC(=O)c2c(F)ccc(F)c2F)cc1. The van der Waals surface area contributed by atoms with E-state index in [1.165, 1.54) is 14.0 Å². The summed E-state index contributed by atoms with van der Waals surface area (Å²) in [6.07, 6.45) is -1.13. The number of benzene rings is 2. The Hall–Kier alpha value is -2.54. The van der Waals surface area contributed by atoms with E-state index >= 15 is 0 Å². The molecule has 0 aliphatic heterocycles.